The van der Waals surface area contributed by atoms with Crippen LogP contribution in [0.15, 0.2) is 18.2 Å². The molecule has 1 aromatic carbocycles. The molecule has 0 aliphatic carbocycles. The van der Waals surface area contributed by atoms with Gasteiger partial charge in [-0.15, -0.1) is 0 Å². The molecule has 1 aromatic rings. The van der Waals surface area contributed by atoms with E-state index < -0.39 is 0 Å². The highest BCUT2D eigenvalue weighted by atomic mass is 35.5. The first-order valence-corrected chi connectivity index (χ1v) is 7.18. The van der Waals surface area contributed by atoms with E-state index in [1.807, 2.05) is 12.1 Å². The fourth-order valence-corrected chi connectivity index (χ4v) is 2.64. The van der Waals surface area contributed by atoms with Crippen LogP contribution in [0, 0.1) is 5.41 Å². The van der Waals surface area contributed by atoms with E-state index in [1.165, 1.54) is 24.2 Å². The van der Waals surface area contributed by atoms with Crippen molar-refractivity contribution in [1.29, 1.82) is 0 Å². The van der Waals surface area contributed by atoms with Crippen LogP contribution in [0.2, 0.25) is 5.02 Å². The van der Waals surface area contributed by atoms with E-state index in [0.29, 0.717) is 0 Å². The number of benzene rings is 1. The minimum absolute atomic E-state index is 0.277. The number of hydrogen-bond donors (Lipinski definition) is 1. The average Bonchev–Trinajstić information content (AvgIpc) is 2.44. The molecule has 0 saturated carbocycles. The highest BCUT2D eigenvalue weighted by molar-refractivity contribution is 6.31. The summed E-state index contributed by atoms with van der Waals surface area (Å²) in [6, 6.07) is 6.16. The number of nitrogens with zero attached hydrogens (tertiary/aromatic N) is 1. The number of hydrogen-bond acceptors (Lipinski definition) is 2. The van der Waals surface area contributed by atoms with E-state index in [0.717, 1.165) is 24.7 Å². The van der Waals surface area contributed by atoms with Crippen molar-refractivity contribution in [1.82, 2.24) is 0 Å². The number of anilines is 2. The Morgan fingerprint density at radius 3 is 2.89 bits per heavy atom. The third-order valence-electron chi connectivity index (χ3n) is 3.46. The summed E-state index contributed by atoms with van der Waals surface area (Å²) in [4.78, 5) is 2.50. The smallest absolute Gasteiger partial charge is 0.0603 e. The Balaban J connectivity index is 2.30. The summed E-state index contributed by atoms with van der Waals surface area (Å²) in [5.74, 6) is 0. The molecule has 1 aliphatic heterocycles. The molecular weight excluding hydrogens is 244 g/mol. The summed E-state index contributed by atoms with van der Waals surface area (Å²) in [5, 5.41) is 4.34. The van der Waals surface area contributed by atoms with Crippen LogP contribution in [0.4, 0.5) is 11.4 Å². The topological polar surface area (TPSA) is 15.3 Å². The molecule has 0 bridgehead atoms. The van der Waals surface area contributed by atoms with E-state index in [9.17, 15) is 0 Å². The van der Waals surface area contributed by atoms with Gasteiger partial charge in [-0.1, -0.05) is 38.8 Å². The lowest BCUT2D eigenvalue weighted by atomic mass is 9.93. The minimum atomic E-state index is 0.277. The zero-order chi connectivity index (χ0) is 13.2. The first kappa shape index (κ1) is 13.5. The molecule has 0 saturated heterocycles. The number of nitrogens with one attached hydrogen (secondary N) is 1. The predicted molar refractivity (Wildman–Crippen MR) is 80.8 cm³/mol. The van der Waals surface area contributed by atoms with Gasteiger partial charge in [-0.05, 0) is 30.0 Å². The molecule has 1 N–H and O–H groups in total. The van der Waals surface area contributed by atoms with Gasteiger partial charge in [0.25, 0.3) is 0 Å². The second kappa shape index (κ2) is 5.40. The fraction of sp³-hybridized carbons (Fsp3) is 0.600. The van der Waals surface area contributed by atoms with Crippen molar-refractivity contribution >= 4 is 23.0 Å². The van der Waals surface area contributed by atoms with E-state index >= 15 is 0 Å². The van der Waals surface area contributed by atoms with Gasteiger partial charge in [0.2, 0.25) is 0 Å². The maximum atomic E-state index is 6.09. The minimum Gasteiger partial charge on any atom is -0.383 e. The maximum absolute atomic E-state index is 6.09. The fourth-order valence-electron chi connectivity index (χ4n) is 2.47. The summed E-state index contributed by atoms with van der Waals surface area (Å²) in [5.41, 5.74) is 2.74. The number of rotatable bonds is 3. The second-order valence-electron chi connectivity index (χ2n) is 5.95. The predicted octanol–water partition coefficient (Wildman–Crippen LogP) is 4.40. The Bertz CT molecular complexity index is 415. The van der Waals surface area contributed by atoms with Gasteiger partial charge in [0.15, 0.2) is 0 Å². The Kier molecular flexibility index (Phi) is 4.06. The van der Waals surface area contributed by atoms with Crippen molar-refractivity contribution < 1.29 is 0 Å². The maximum Gasteiger partial charge on any atom is 0.0603 e. The molecule has 0 unspecified atom stereocenters. The van der Waals surface area contributed by atoms with Crippen molar-refractivity contribution in [2.24, 2.45) is 5.41 Å². The molecular formula is C15H23ClN2. The van der Waals surface area contributed by atoms with Crippen LogP contribution in [-0.2, 0) is 0 Å². The molecule has 0 radical (unpaired) electrons. The number of fused-ring (bicyclic) bond motifs is 1. The normalized spacial score (nSPS) is 17.9. The van der Waals surface area contributed by atoms with Crippen LogP contribution in [0.1, 0.15) is 33.6 Å². The van der Waals surface area contributed by atoms with Crippen molar-refractivity contribution in [3.63, 3.8) is 0 Å². The highest BCUT2D eigenvalue weighted by Gasteiger charge is 2.26. The summed E-state index contributed by atoms with van der Waals surface area (Å²) < 4.78 is 0. The van der Waals surface area contributed by atoms with Gasteiger partial charge < -0.3 is 10.2 Å². The second-order valence-corrected chi connectivity index (χ2v) is 6.39. The molecule has 0 aromatic heterocycles. The van der Waals surface area contributed by atoms with Crippen molar-refractivity contribution in [2.45, 2.75) is 33.6 Å². The summed E-state index contributed by atoms with van der Waals surface area (Å²) in [6.45, 7) is 10.1. The number of unbranched alkanes of at least 4 members (excludes halogenated alkanes) is 1. The molecule has 100 valence electrons. The highest BCUT2D eigenvalue weighted by Crippen LogP contribution is 2.35. The van der Waals surface area contributed by atoms with Crippen LogP contribution in [-0.4, -0.2) is 19.6 Å². The lowest BCUT2D eigenvalue weighted by Crippen LogP contribution is -2.36. The van der Waals surface area contributed by atoms with E-state index in [4.69, 9.17) is 11.6 Å². The molecule has 2 rings (SSSR count). The van der Waals surface area contributed by atoms with E-state index in [2.05, 4.69) is 37.1 Å². The Hall–Kier alpha value is -0.890. The molecule has 3 heteroatoms. The Morgan fingerprint density at radius 1 is 1.39 bits per heavy atom. The molecule has 0 spiro atoms. The monoisotopic (exact) mass is 266 g/mol. The van der Waals surface area contributed by atoms with Crippen LogP contribution in [0.3, 0.4) is 0 Å². The van der Waals surface area contributed by atoms with E-state index in [1.54, 1.807) is 0 Å². The summed E-state index contributed by atoms with van der Waals surface area (Å²) in [6.07, 6.45) is 2.46. The van der Waals surface area contributed by atoms with Crippen molar-refractivity contribution in [3.05, 3.63) is 23.2 Å². The quantitative estimate of drug-likeness (QED) is 0.872. The molecule has 2 nitrogen and oxygen atoms in total. The van der Waals surface area contributed by atoms with Crippen molar-refractivity contribution in [2.75, 3.05) is 29.9 Å². The van der Waals surface area contributed by atoms with Gasteiger partial charge in [0, 0.05) is 24.7 Å². The first-order valence-electron chi connectivity index (χ1n) is 6.80. The van der Waals surface area contributed by atoms with Crippen LogP contribution in [0.5, 0.6) is 0 Å². The Labute approximate surface area is 115 Å². The third-order valence-corrected chi connectivity index (χ3v) is 3.69. The van der Waals surface area contributed by atoms with Gasteiger partial charge in [-0.2, -0.15) is 0 Å². The van der Waals surface area contributed by atoms with E-state index in [-0.39, 0.29) is 5.41 Å². The molecule has 1 heterocycles. The summed E-state index contributed by atoms with van der Waals surface area (Å²) >= 11 is 6.09. The van der Waals surface area contributed by atoms with Gasteiger partial charge in [0.05, 0.1) is 11.4 Å². The third kappa shape index (κ3) is 3.11. The largest absolute Gasteiger partial charge is 0.383 e. The molecule has 18 heavy (non-hydrogen) atoms. The standard InChI is InChI=1S/C15H23ClN2/c1-4-5-8-18-11-15(2,3)10-17-13-9-12(16)6-7-14(13)18/h6-7,9,17H,4-5,8,10-11H2,1-3H3. The molecule has 1 aliphatic rings. The number of halogens is 1. The van der Waals surface area contributed by atoms with Crippen LogP contribution < -0.4 is 10.2 Å². The van der Waals surface area contributed by atoms with Gasteiger partial charge in [-0.25, -0.2) is 0 Å². The van der Waals surface area contributed by atoms with Gasteiger partial charge in [-0.3, -0.25) is 0 Å². The zero-order valence-electron chi connectivity index (χ0n) is 11.6. The SMILES string of the molecule is CCCCN1CC(C)(C)CNc2cc(Cl)ccc21. The van der Waals surface area contributed by atoms with Gasteiger partial charge in [0.1, 0.15) is 0 Å². The molecule has 0 fully saturated rings. The molecule has 0 amide bonds. The van der Waals surface area contributed by atoms with Crippen molar-refractivity contribution in [3.8, 4) is 0 Å². The lowest BCUT2D eigenvalue weighted by Gasteiger charge is -2.31. The zero-order valence-corrected chi connectivity index (χ0v) is 12.3. The van der Waals surface area contributed by atoms with Gasteiger partial charge >= 0.3 is 0 Å². The average molecular weight is 267 g/mol. The Morgan fingerprint density at radius 2 is 2.17 bits per heavy atom. The molecule has 0 atom stereocenters. The summed E-state index contributed by atoms with van der Waals surface area (Å²) in [7, 11) is 0. The first-order chi connectivity index (χ1) is 8.52. The lowest BCUT2D eigenvalue weighted by molar-refractivity contribution is 0.394. The van der Waals surface area contributed by atoms with Crippen LogP contribution >= 0.6 is 11.6 Å². The van der Waals surface area contributed by atoms with Crippen LogP contribution in [0.25, 0.3) is 0 Å².